The van der Waals surface area contributed by atoms with E-state index in [9.17, 15) is 30.4 Å². The van der Waals surface area contributed by atoms with Crippen LogP contribution >= 0.6 is 0 Å². The Hall–Kier alpha value is -3.30. The summed E-state index contributed by atoms with van der Waals surface area (Å²) in [5.74, 6) is -0.693. The van der Waals surface area contributed by atoms with Crippen molar-refractivity contribution >= 4 is 22.8 Å². The van der Waals surface area contributed by atoms with Gasteiger partial charge in [0.2, 0.25) is 11.5 Å². The maximum atomic E-state index is 11.2. The van der Waals surface area contributed by atoms with Crippen molar-refractivity contribution in [2.45, 2.75) is 66.2 Å². The van der Waals surface area contributed by atoms with Crippen LogP contribution < -0.4 is 0 Å². The fourth-order valence-electron chi connectivity index (χ4n) is 4.02. The van der Waals surface area contributed by atoms with Crippen molar-refractivity contribution in [2.75, 3.05) is 13.1 Å². The van der Waals surface area contributed by atoms with Crippen molar-refractivity contribution in [1.29, 1.82) is 0 Å². The number of phenolic OH excluding ortho intramolecular Hbond substituents is 2. The Bertz CT molecular complexity index is 1090. The van der Waals surface area contributed by atoms with Gasteiger partial charge in [-0.2, -0.15) is 0 Å². The molecule has 0 radical (unpaired) electrons. The minimum Gasteiger partial charge on any atom is -0.502 e. The van der Waals surface area contributed by atoms with Gasteiger partial charge in [-0.1, -0.05) is 26.7 Å². The summed E-state index contributed by atoms with van der Waals surface area (Å²) in [6.45, 7) is 8.39. The summed E-state index contributed by atoms with van der Waals surface area (Å²) in [7, 11) is 0. The second kappa shape index (κ2) is 15.1. The van der Waals surface area contributed by atoms with Crippen LogP contribution in [0.2, 0.25) is 0 Å². The second-order valence-electron chi connectivity index (χ2n) is 8.65. The van der Waals surface area contributed by atoms with E-state index in [-0.39, 0.29) is 39.9 Å². The molecule has 0 fully saturated rings. The van der Waals surface area contributed by atoms with E-state index in [1.54, 1.807) is 26.0 Å². The molecule has 2 aromatic rings. The van der Waals surface area contributed by atoms with E-state index >= 15 is 0 Å². The number of benzene rings is 2. The third-order valence-electron chi connectivity index (χ3n) is 5.82. The zero-order chi connectivity index (χ0) is 26.8. The Morgan fingerprint density at radius 1 is 0.730 bits per heavy atom. The summed E-state index contributed by atoms with van der Waals surface area (Å²) >= 11 is 0. The molecule has 0 aliphatic heterocycles. The predicted octanol–water partition coefficient (Wildman–Crippen LogP) is 6.19. The van der Waals surface area contributed by atoms with Gasteiger partial charge in [-0.3, -0.25) is 30.2 Å². The smallest absolute Gasteiger partial charge is 0.311 e. The van der Waals surface area contributed by atoms with E-state index in [0.29, 0.717) is 59.6 Å². The van der Waals surface area contributed by atoms with Crippen molar-refractivity contribution in [3.05, 3.63) is 66.7 Å². The van der Waals surface area contributed by atoms with Crippen molar-refractivity contribution in [3.63, 3.8) is 0 Å². The number of nitro benzene ring substituents is 2. The van der Waals surface area contributed by atoms with Gasteiger partial charge in [-0.15, -0.1) is 0 Å². The van der Waals surface area contributed by atoms with Crippen LogP contribution in [0, 0.1) is 34.1 Å². The molecule has 2 rings (SSSR count). The summed E-state index contributed by atoms with van der Waals surface area (Å²) in [6, 6.07) is 6.13. The van der Waals surface area contributed by atoms with Gasteiger partial charge in [-0.25, -0.2) is 0 Å². The summed E-state index contributed by atoms with van der Waals surface area (Å²) in [5, 5.41) is 43.0. The van der Waals surface area contributed by atoms with Gasteiger partial charge in [0.1, 0.15) is 0 Å². The molecule has 0 spiro atoms. The van der Waals surface area contributed by atoms with Gasteiger partial charge in [0.25, 0.3) is 0 Å². The number of aryl methyl sites for hydroxylation is 2. The van der Waals surface area contributed by atoms with E-state index in [1.807, 2.05) is 13.8 Å². The molecule has 2 N–H and O–H groups in total. The SMILES string of the molecule is CCC(=NCCCCCCN=C(CC)c1cc(C)cc([N+](=O)[O-])c1O)c1cc(C)cc([N+](=O)[O-])c1O.[Fe]. The predicted molar refractivity (Wildman–Crippen MR) is 141 cm³/mol. The maximum Gasteiger partial charge on any atom is 0.311 e. The van der Waals surface area contributed by atoms with Crippen molar-refractivity contribution < 1.29 is 37.1 Å². The summed E-state index contributed by atoms with van der Waals surface area (Å²) < 4.78 is 0. The average Bonchev–Trinajstić information content (AvgIpc) is 2.83. The normalized spacial score (nSPS) is 11.8. The Kier molecular flexibility index (Phi) is 12.9. The molecule has 202 valence electrons. The minimum atomic E-state index is -0.590. The third-order valence-corrected chi connectivity index (χ3v) is 5.82. The number of hydrogen-bond acceptors (Lipinski definition) is 8. The zero-order valence-electron chi connectivity index (χ0n) is 21.6. The fraction of sp³-hybridized carbons (Fsp3) is 0.462. The van der Waals surface area contributed by atoms with Crippen molar-refractivity contribution in [2.24, 2.45) is 9.98 Å². The minimum absolute atomic E-state index is 0. The molecule has 2 aromatic carbocycles. The molecular formula is C26H34FeN4O6. The number of aromatic hydroxyl groups is 2. The van der Waals surface area contributed by atoms with Crippen LogP contribution in [0.15, 0.2) is 34.3 Å². The molecule has 0 aliphatic rings. The Morgan fingerprint density at radius 2 is 1.08 bits per heavy atom. The van der Waals surface area contributed by atoms with Crippen LogP contribution in [0.4, 0.5) is 11.4 Å². The van der Waals surface area contributed by atoms with E-state index in [2.05, 4.69) is 9.98 Å². The first-order valence-corrected chi connectivity index (χ1v) is 12.1. The fourth-order valence-corrected chi connectivity index (χ4v) is 4.02. The topological polar surface area (TPSA) is 151 Å². The first-order chi connectivity index (χ1) is 17.1. The Labute approximate surface area is 227 Å². The van der Waals surface area contributed by atoms with Crippen LogP contribution in [0.5, 0.6) is 11.5 Å². The third kappa shape index (κ3) is 8.65. The summed E-state index contributed by atoms with van der Waals surface area (Å²) in [6.07, 6.45) is 4.58. The maximum absolute atomic E-state index is 11.2. The molecular weight excluding hydrogens is 520 g/mol. The molecule has 10 nitrogen and oxygen atoms in total. The molecule has 0 unspecified atom stereocenters. The number of nitrogens with zero attached hydrogens (tertiary/aromatic N) is 4. The van der Waals surface area contributed by atoms with E-state index in [4.69, 9.17) is 0 Å². The van der Waals surface area contributed by atoms with Gasteiger partial charge in [0.05, 0.1) is 9.85 Å². The quantitative estimate of drug-likeness (QED) is 0.0991. The van der Waals surface area contributed by atoms with E-state index in [0.717, 1.165) is 25.7 Å². The van der Waals surface area contributed by atoms with Crippen molar-refractivity contribution in [3.8, 4) is 11.5 Å². The molecule has 0 heterocycles. The summed E-state index contributed by atoms with van der Waals surface area (Å²) in [4.78, 5) is 30.4. The molecule has 37 heavy (non-hydrogen) atoms. The molecule has 11 heteroatoms. The van der Waals surface area contributed by atoms with Crippen LogP contribution in [0.1, 0.15) is 74.6 Å². The molecule has 0 saturated carbocycles. The van der Waals surface area contributed by atoms with Gasteiger partial charge < -0.3 is 10.2 Å². The molecule has 0 atom stereocenters. The second-order valence-corrected chi connectivity index (χ2v) is 8.65. The van der Waals surface area contributed by atoms with Gasteiger partial charge in [0, 0.05) is 64.8 Å². The first kappa shape index (κ1) is 31.7. The first-order valence-electron chi connectivity index (χ1n) is 12.1. The number of aliphatic imine (C=N–C) groups is 2. The Balaban J connectivity index is 0.00000684. The number of phenols is 2. The van der Waals surface area contributed by atoms with Gasteiger partial charge in [0.15, 0.2) is 0 Å². The number of unbranched alkanes of at least 4 members (excludes halogenated alkanes) is 3. The number of hydrogen-bond donors (Lipinski definition) is 2. The van der Waals surface area contributed by atoms with Crippen LogP contribution in [0.25, 0.3) is 0 Å². The van der Waals surface area contributed by atoms with Crippen LogP contribution in [0.3, 0.4) is 0 Å². The van der Waals surface area contributed by atoms with Crippen molar-refractivity contribution in [1.82, 2.24) is 0 Å². The van der Waals surface area contributed by atoms with Crippen LogP contribution in [-0.2, 0) is 17.1 Å². The zero-order valence-corrected chi connectivity index (χ0v) is 22.7. The molecule has 0 saturated heterocycles. The number of nitro groups is 2. The standard InChI is InChI=1S/C26H34N4O6.Fe/c1-5-21(19-13-17(3)15-23(25(19)31)29(33)34)27-11-9-7-8-10-12-28-22(6-2)20-14-18(4)16-24(26(20)32)30(35)36;/h13-16,31-32H,5-12H2,1-4H3;. The van der Waals surface area contributed by atoms with Gasteiger partial charge in [-0.05, 0) is 62.8 Å². The van der Waals surface area contributed by atoms with E-state index < -0.39 is 9.85 Å². The monoisotopic (exact) mass is 554 g/mol. The Morgan fingerprint density at radius 3 is 1.38 bits per heavy atom. The molecule has 0 amide bonds. The van der Waals surface area contributed by atoms with Crippen LogP contribution in [-0.4, -0.2) is 44.6 Å². The largest absolute Gasteiger partial charge is 0.502 e. The van der Waals surface area contributed by atoms with E-state index in [1.165, 1.54) is 12.1 Å². The van der Waals surface area contributed by atoms with Gasteiger partial charge >= 0.3 is 11.4 Å². The average molecular weight is 554 g/mol. The molecule has 0 aliphatic carbocycles. The summed E-state index contributed by atoms with van der Waals surface area (Å²) in [5.41, 5.74) is 2.86. The number of rotatable bonds is 13. The molecule has 0 aromatic heterocycles. The molecule has 0 bridgehead atoms.